The van der Waals surface area contributed by atoms with Crippen molar-refractivity contribution in [3.63, 3.8) is 0 Å². The highest BCUT2D eigenvalue weighted by Crippen LogP contribution is 2.28. The highest BCUT2D eigenvalue weighted by atomic mass is 32.2. The normalized spacial score (nSPS) is 15.2. The van der Waals surface area contributed by atoms with Gasteiger partial charge in [-0.05, 0) is 61.2 Å². The van der Waals surface area contributed by atoms with Crippen LogP contribution in [-0.2, 0) is 23.0 Å². The zero-order valence-electron chi connectivity index (χ0n) is 19.4. The van der Waals surface area contributed by atoms with Gasteiger partial charge in [0.2, 0.25) is 0 Å². The first-order valence-corrected chi connectivity index (χ1v) is 14.0. The van der Waals surface area contributed by atoms with Crippen LogP contribution >= 0.6 is 11.3 Å². The number of aryl methyl sites for hydroxylation is 1. The first kappa shape index (κ1) is 24.4. The van der Waals surface area contributed by atoms with Crippen LogP contribution in [-0.4, -0.2) is 37.8 Å². The second-order valence-electron chi connectivity index (χ2n) is 8.54. The van der Waals surface area contributed by atoms with Crippen LogP contribution in [0.3, 0.4) is 0 Å². The predicted molar refractivity (Wildman–Crippen MR) is 138 cm³/mol. The lowest BCUT2D eigenvalue weighted by atomic mass is 10.1. The van der Waals surface area contributed by atoms with Crippen molar-refractivity contribution in [3.8, 4) is 0 Å². The first-order chi connectivity index (χ1) is 16.5. The molecule has 0 aliphatic carbocycles. The van der Waals surface area contributed by atoms with E-state index in [2.05, 4.69) is 41.8 Å². The number of anilines is 1. The van der Waals surface area contributed by atoms with Gasteiger partial charge >= 0.3 is 0 Å². The Labute approximate surface area is 206 Å². The van der Waals surface area contributed by atoms with E-state index in [-0.39, 0.29) is 11.9 Å². The van der Waals surface area contributed by atoms with Crippen molar-refractivity contribution in [3.05, 3.63) is 82.7 Å². The van der Waals surface area contributed by atoms with Gasteiger partial charge < -0.3 is 10.6 Å². The summed E-state index contributed by atoms with van der Waals surface area (Å²) in [6.45, 7) is 3.46. The van der Waals surface area contributed by atoms with E-state index in [0.29, 0.717) is 29.4 Å². The molecular weight excluding hydrogens is 466 g/mol. The number of piperidine rings is 1. The molecule has 1 aliphatic heterocycles. The van der Waals surface area contributed by atoms with Crippen molar-refractivity contribution in [1.82, 2.24) is 9.62 Å². The standard InChI is InChI=1S/C26H31N3O3S2/c1-2-7-20-8-6-11-23(18-20)28-22-14-16-29(17-15-22)34(31,32)25-13-12-24(33-25)19-27-26(30)21-9-4-3-5-10-21/h3-6,8-13,18,22,28H,2,7,14-17,19H2,1H3,(H,27,30). The Morgan fingerprint density at radius 2 is 1.79 bits per heavy atom. The second-order valence-corrected chi connectivity index (χ2v) is 11.9. The number of carbonyl (C=O) groups excluding carboxylic acids is 1. The Morgan fingerprint density at radius 3 is 2.53 bits per heavy atom. The van der Waals surface area contributed by atoms with Crippen molar-refractivity contribution in [2.24, 2.45) is 0 Å². The van der Waals surface area contributed by atoms with Crippen LogP contribution in [0.5, 0.6) is 0 Å². The van der Waals surface area contributed by atoms with E-state index in [1.165, 1.54) is 16.9 Å². The number of hydrogen-bond donors (Lipinski definition) is 2. The van der Waals surface area contributed by atoms with Gasteiger partial charge in [0.15, 0.2) is 0 Å². The van der Waals surface area contributed by atoms with Crippen LogP contribution in [0.1, 0.15) is 47.0 Å². The molecule has 0 unspecified atom stereocenters. The summed E-state index contributed by atoms with van der Waals surface area (Å²) in [5.74, 6) is -0.173. The highest BCUT2D eigenvalue weighted by Gasteiger charge is 2.30. The predicted octanol–water partition coefficient (Wildman–Crippen LogP) is 4.90. The number of nitrogens with zero attached hydrogens (tertiary/aromatic N) is 1. The number of nitrogens with one attached hydrogen (secondary N) is 2. The van der Waals surface area contributed by atoms with Gasteiger partial charge in [0.25, 0.3) is 15.9 Å². The first-order valence-electron chi connectivity index (χ1n) is 11.7. The molecule has 1 fully saturated rings. The van der Waals surface area contributed by atoms with Crippen molar-refractivity contribution < 1.29 is 13.2 Å². The third-order valence-electron chi connectivity index (χ3n) is 5.98. The summed E-state index contributed by atoms with van der Waals surface area (Å²) in [7, 11) is -3.53. The fraction of sp³-hybridized carbons (Fsp3) is 0.346. The van der Waals surface area contributed by atoms with E-state index in [4.69, 9.17) is 0 Å². The quantitative estimate of drug-likeness (QED) is 0.441. The summed E-state index contributed by atoms with van der Waals surface area (Å²) >= 11 is 1.22. The molecule has 0 bridgehead atoms. The number of sulfonamides is 1. The van der Waals surface area contributed by atoms with Gasteiger partial charge in [0.1, 0.15) is 4.21 Å². The summed E-state index contributed by atoms with van der Waals surface area (Å²) in [5.41, 5.74) is 3.01. The van der Waals surface area contributed by atoms with Gasteiger partial charge in [0.05, 0.1) is 6.54 Å². The van der Waals surface area contributed by atoms with Crippen LogP contribution in [0.15, 0.2) is 70.9 Å². The third kappa shape index (κ3) is 6.05. The van der Waals surface area contributed by atoms with E-state index < -0.39 is 10.0 Å². The van der Waals surface area contributed by atoms with Gasteiger partial charge in [-0.15, -0.1) is 11.3 Å². The molecule has 2 N–H and O–H groups in total. The fourth-order valence-electron chi connectivity index (χ4n) is 4.16. The van der Waals surface area contributed by atoms with E-state index in [0.717, 1.165) is 36.2 Å². The fourth-order valence-corrected chi connectivity index (χ4v) is 7.08. The Balaban J connectivity index is 1.31. The maximum Gasteiger partial charge on any atom is 0.252 e. The molecule has 34 heavy (non-hydrogen) atoms. The van der Waals surface area contributed by atoms with Crippen LogP contribution in [0.2, 0.25) is 0 Å². The van der Waals surface area contributed by atoms with E-state index in [1.54, 1.807) is 28.6 Å². The Kier molecular flexibility index (Phi) is 8.03. The van der Waals surface area contributed by atoms with Gasteiger partial charge in [-0.25, -0.2) is 8.42 Å². The molecule has 4 rings (SSSR count). The molecule has 6 nitrogen and oxygen atoms in total. The molecule has 2 aromatic carbocycles. The van der Waals surface area contributed by atoms with Crippen LogP contribution < -0.4 is 10.6 Å². The second kappa shape index (κ2) is 11.2. The number of rotatable bonds is 9. The number of amides is 1. The lowest BCUT2D eigenvalue weighted by Gasteiger charge is -2.31. The lowest BCUT2D eigenvalue weighted by Crippen LogP contribution is -2.42. The Bertz CT molecular complexity index is 1200. The smallest absolute Gasteiger partial charge is 0.252 e. The molecular formula is C26H31N3O3S2. The summed E-state index contributed by atoms with van der Waals surface area (Å²) < 4.78 is 28.2. The molecule has 1 amide bonds. The summed E-state index contributed by atoms with van der Waals surface area (Å²) in [6.07, 6.45) is 3.71. The maximum atomic E-state index is 13.2. The SMILES string of the molecule is CCCc1cccc(NC2CCN(S(=O)(=O)c3ccc(CNC(=O)c4ccccc4)s3)CC2)c1. The maximum absolute atomic E-state index is 13.2. The van der Waals surface area contributed by atoms with Crippen LogP contribution in [0.4, 0.5) is 5.69 Å². The summed E-state index contributed by atoms with van der Waals surface area (Å²) in [4.78, 5) is 13.1. The van der Waals surface area contributed by atoms with Gasteiger partial charge in [-0.2, -0.15) is 4.31 Å². The van der Waals surface area contributed by atoms with Crippen molar-refractivity contribution >= 4 is 33.0 Å². The molecule has 0 atom stereocenters. The summed E-state index contributed by atoms with van der Waals surface area (Å²) in [6, 6.07) is 21.2. The zero-order valence-corrected chi connectivity index (χ0v) is 21.0. The molecule has 1 aliphatic rings. The molecule has 1 saturated heterocycles. The number of hydrogen-bond acceptors (Lipinski definition) is 5. The zero-order chi connectivity index (χ0) is 24.0. The monoisotopic (exact) mass is 497 g/mol. The van der Waals surface area contributed by atoms with Gasteiger partial charge in [-0.3, -0.25) is 4.79 Å². The molecule has 1 aromatic heterocycles. The number of carbonyl (C=O) groups is 1. The molecule has 0 saturated carbocycles. The van der Waals surface area contributed by atoms with Crippen molar-refractivity contribution in [1.29, 1.82) is 0 Å². The minimum atomic E-state index is -3.53. The highest BCUT2D eigenvalue weighted by molar-refractivity contribution is 7.91. The van der Waals surface area contributed by atoms with Crippen LogP contribution in [0.25, 0.3) is 0 Å². The minimum Gasteiger partial charge on any atom is -0.382 e. The molecule has 180 valence electrons. The topological polar surface area (TPSA) is 78.5 Å². The lowest BCUT2D eigenvalue weighted by molar-refractivity contribution is 0.0951. The average Bonchev–Trinajstić information content (AvgIpc) is 3.34. The average molecular weight is 498 g/mol. The molecule has 8 heteroatoms. The van der Waals surface area contributed by atoms with Gasteiger partial charge in [-0.1, -0.05) is 43.7 Å². The van der Waals surface area contributed by atoms with E-state index in [9.17, 15) is 13.2 Å². The Morgan fingerprint density at radius 1 is 1.03 bits per heavy atom. The van der Waals surface area contributed by atoms with E-state index >= 15 is 0 Å². The Hall–Kier alpha value is -2.68. The van der Waals surface area contributed by atoms with Crippen LogP contribution in [0, 0.1) is 0 Å². The molecule has 3 aromatic rings. The third-order valence-corrected chi connectivity index (χ3v) is 9.43. The minimum absolute atomic E-state index is 0.173. The summed E-state index contributed by atoms with van der Waals surface area (Å²) in [5, 5.41) is 6.43. The largest absolute Gasteiger partial charge is 0.382 e. The number of benzene rings is 2. The van der Waals surface area contributed by atoms with E-state index in [1.807, 2.05) is 18.2 Å². The van der Waals surface area contributed by atoms with Crippen molar-refractivity contribution in [2.75, 3.05) is 18.4 Å². The molecule has 0 radical (unpaired) electrons. The molecule has 0 spiro atoms. The molecule has 2 heterocycles. The van der Waals surface area contributed by atoms with Gasteiger partial charge in [0, 0.05) is 35.3 Å². The number of thiophene rings is 1. The van der Waals surface area contributed by atoms with Crippen molar-refractivity contribution in [2.45, 2.75) is 49.4 Å².